The van der Waals surface area contributed by atoms with E-state index in [1.807, 2.05) is 37.3 Å². The molecule has 0 radical (unpaired) electrons. The van der Waals surface area contributed by atoms with Gasteiger partial charge in [0.05, 0.1) is 16.1 Å². The van der Waals surface area contributed by atoms with Crippen molar-refractivity contribution >= 4 is 34.8 Å². The van der Waals surface area contributed by atoms with E-state index in [2.05, 4.69) is 5.43 Å². The van der Waals surface area contributed by atoms with Crippen LogP contribution in [-0.4, -0.2) is 0 Å². The molecular weight excluding hydrogens is 315 g/mol. The van der Waals surface area contributed by atoms with E-state index < -0.39 is 0 Å². The van der Waals surface area contributed by atoms with Gasteiger partial charge in [-0.2, -0.15) is 0 Å². The summed E-state index contributed by atoms with van der Waals surface area (Å²) >= 11 is 17.9. The van der Waals surface area contributed by atoms with Gasteiger partial charge in [0.1, 0.15) is 0 Å². The lowest BCUT2D eigenvalue weighted by Crippen LogP contribution is -2.30. The number of hydrogen-bond donors (Lipinski definition) is 2. The van der Waals surface area contributed by atoms with Crippen molar-refractivity contribution in [2.45, 2.75) is 19.4 Å². The molecule has 0 saturated heterocycles. The molecule has 3 N–H and O–H groups in total. The number of hydrogen-bond acceptors (Lipinski definition) is 2. The fourth-order valence-corrected chi connectivity index (χ4v) is 2.74. The van der Waals surface area contributed by atoms with Crippen LogP contribution in [-0.2, 0) is 6.42 Å². The molecule has 20 heavy (non-hydrogen) atoms. The Morgan fingerprint density at radius 2 is 1.80 bits per heavy atom. The van der Waals surface area contributed by atoms with Gasteiger partial charge in [-0.1, -0.05) is 46.9 Å². The molecule has 2 aromatic carbocycles. The molecule has 5 heteroatoms. The first-order valence-corrected chi connectivity index (χ1v) is 7.30. The van der Waals surface area contributed by atoms with E-state index in [1.54, 1.807) is 6.07 Å². The first-order valence-electron chi connectivity index (χ1n) is 6.17. The van der Waals surface area contributed by atoms with Gasteiger partial charge in [0.15, 0.2) is 0 Å². The average Bonchev–Trinajstić information content (AvgIpc) is 2.41. The van der Waals surface area contributed by atoms with Gasteiger partial charge >= 0.3 is 0 Å². The van der Waals surface area contributed by atoms with Crippen LogP contribution in [0, 0.1) is 6.92 Å². The fraction of sp³-hybridized carbons (Fsp3) is 0.200. The molecule has 0 amide bonds. The van der Waals surface area contributed by atoms with Crippen molar-refractivity contribution in [2.24, 2.45) is 5.84 Å². The highest BCUT2D eigenvalue weighted by Gasteiger charge is 2.14. The highest BCUT2D eigenvalue weighted by Crippen LogP contribution is 2.27. The maximum absolute atomic E-state index is 6.04. The molecule has 0 fully saturated rings. The minimum absolute atomic E-state index is 0.00971. The van der Waals surface area contributed by atoms with Crippen molar-refractivity contribution in [1.29, 1.82) is 0 Å². The number of rotatable bonds is 4. The van der Waals surface area contributed by atoms with Crippen LogP contribution >= 0.6 is 34.8 Å². The molecule has 2 aromatic rings. The number of hydrazine groups is 1. The minimum Gasteiger partial charge on any atom is -0.271 e. The van der Waals surface area contributed by atoms with Gasteiger partial charge in [0, 0.05) is 5.02 Å². The van der Waals surface area contributed by atoms with E-state index in [-0.39, 0.29) is 6.04 Å². The van der Waals surface area contributed by atoms with Crippen LogP contribution in [0.5, 0.6) is 0 Å². The van der Waals surface area contributed by atoms with Gasteiger partial charge in [0.2, 0.25) is 0 Å². The Hall–Kier alpha value is -0.770. The zero-order valence-corrected chi connectivity index (χ0v) is 13.2. The minimum atomic E-state index is -0.00971. The van der Waals surface area contributed by atoms with Crippen LogP contribution in [0.4, 0.5) is 0 Å². The number of halogens is 3. The molecule has 0 aliphatic heterocycles. The van der Waals surface area contributed by atoms with Crippen molar-refractivity contribution in [2.75, 3.05) is 0 Å². The van der Waals surface area contributed by atoms with E-state index in [9.17, 15) is 0 Å². The number of benzene rings is 2. The van der Waals surface area contributed by atoms with E-state index in [1.165, 1.54) is 0 Å². The first-order chi connectivity index (χ1) is 9.51. The third kappa shape index (κ3) is 3.66. The van der Waals surface area contributed by atoms with E-state index in [0.717, 1.165) is 28.1 Å². The molecular formula is C15H15Cl3N2. The van der Waals surface area contributed by atoms with Gasteiger partial charge in [-0.05, 0) is 54.3 Å². The summed E-state index contributed by atoms with van der Waals surface area (Å²) in [6.07, 6.45) is 0.718. The predicted molar refractivity (Wildman–Crippen MR) is 86.4 cm³/mol. The molecule has 0 aliphatic rings. The molecule has 2 rings (SSSR count). The maximum Gasteiger partial charge on any atom is 0.0595 e. The predicted octanol–water partition coefficient (Wildman–Crippen LogP) is 4.70. The van der Waals surface area contributed by atoms with Crippen LogP contribution in [0.1, 0.15) is 22.7 Å². The van der Waals surface area contributed by atoms with E-state index in [4.69, 9.17) is 40.6 Å². The lowest BCUT2D eigenvalue weighted by molar-refractivity contribution is 0.549. The Morgan fingerprint density at radius 1 is 1.05 bits per heavy atom. The van der Waals surface area contributed by atoms with Crippen molar-refractivity contribution in [3.63, 3.8) is 0 Å². The molecule has 0 heterocycles. The van der Waals surface area contributed by atoms with Crippen LogP contribution in [0.25, 0.3) is 0 Å². The van der Waals surface area contributed by atoms with Gasteiger partial charge in [-0.15, -0.1) is 0 Å². The first kappa shape index (κ1) is 15.6. The average molecular weight is 330 g/mol. The molecule has 1 unspecified atom stereocenters. The van der Waals surface area contributed by atoms with Crippen LogP contribution in [0.3, 0.4) is 0 Å². The quantitative estimate of drug-likeness (QED) is 0.630. The SMILES string of the molecule is Cc1cc(Cl)ccc1C(Cc1ccc(Cl)c(Cl)c1)NN. The Morgan fingerprint density at radius 3 is 2.40 bits per heavy atom. The molecule has 0 spiro atoms. The summed E-state index contributed by atoms with van der Waals surface area (Å²) in [5.41, 5.74) is 6.12. The highest BCUT2D eigenvalue weighted by molar-refractivity contribution is 6.42. The monoisotopic (exact) mass is 328 g/mol. The molecule has 2 nitrogen and oxygen atoms in total. The van der Waals surface area contributed by atoms with Gasteiger partial charge in [-0.25, -0.2) is 0 Å². The highest BCUT2D eigenvalue weighted by atomic mass is 35.5. The summed E-state index contributed by atoms with van der Waals surface area (Å²) in [5, 5.41) is 1.82. The molecule has 0 bridgehead atoms. The lowest BCUT2D eigenvalue weighted by Gasteiger charge is -2.19. The number of nitrogens with one attached hydrogen (secondary N) is 1. The summed E-state index contributed by atoms with van der Waals surface area (Å²) in [6.45, 7) is 2.01. The molecule has 0 aliphatic carbocycles. The normalized spacial score (nSPS) is 12.4. The maximum atomic E-state index is 6.04. The van der Waals surface area contributed by atoms with E-state index in [0.29, 0.717) is 10.0 Å². The Balaban J connectivity index is 2.26. The smallest absolute Gasteiger partial charge is 0.0595 e. The number of nitrogens with two attached hydrogens (primary N) is 1. The zero-order chi connectivity index (χ0) is 14.7. The number of aryl methyl sites for hydroxylation is 1. The molecule has 106 valence electrons. The second-order valence-corrected chi connectivity index (χ2v) is 5.92. The third-order valence-electron chi connectivity index (χ3n) is 3.23. The lowest BCUT2D eigenvalue weighted by atomic mass is 9.96. The Kier molecular flexibility index (Phi) is 5.30. The second kappa shape index (κ2) is 6.79. The van der Waals surface area contributed by atoms with E-state index >= 15 is 0 Å². The largest absolute Gasteiger partial charge is 0.271 e. The van der Waals surface area contributed by atoms with Crippen molar-refractivity contribution in [3.05, 3.63) is 68.2 Å². The molecule has 0 aromatic heterocycles. The van der Waals surface area contributed by atoms with Crippen molar-refractivity contribution in [3.8, 4) is 0 Å². The van der Waals surface area contributed by atoms with Gasteiger partial charge < -0.3 is 0 Å². The topological polar surface area (TPSA) is 38.0 Å². The summed E-state index contributed by atoms with van der Waals surface area (Å²) in [4.78, 5) is 0. The Labute approximate surface area is 133 Å². The summed E-state index contributed by atoms with van der Waals surface area (Å²) < 4.78 is 0. The van der Waals surface area contributed by atoms with Crippen LogP contribution in [0.2, 0.25) is 15.1 Å². The zero-order valence-electron chi connectivity index (χ0n) is 11.0. The Bertz CT molecular complexity index is 614. The fourth-order valence-electron chi connectivity index (χ4n) is 2.19. The summed E-state index contributed by atoms with van der Waals surface area (Å²) in [6, 6.07) is 11.4. The summed E-state index contributed by atoms with van der Waals surface area (Å²) in [7, 11) is 0. The van der Waals surface area contributed by atoms with Gasteiger partial charge in [-0.3, -0.25) is 11.3 Å². The van der Waals surface area contributed by atoms with Crippen LogP contribution in [0.15, 0.2) is 36.4 Å². The van der Waals surface area contributed by atoms with Crippen molar-refractivity contribution < 1.29 is 0 Å². The standard InChI is InChI=1S/C15H15Cl3N2/c1-9-6-11(16)3-4-12(9)15(20-19)8-10-2-5-13(17)14(18)7-10/h2-7,15,20H,8,19H2,1H3. The van der Waals surface area contributed by atoms with Crippen LogP contribution < -0.4 is 11.3 Å². The molecule has 1 atom stereocenters. The second-order valence-electron chi connectivity index (χ2n) is 4.67. The van der Waals surface area contributed by atoms with Gasteiger partial charge in [0.25, 0.3) is 0 Å². The third-order valence-corrected chi connectivity index (χ3v) is 4.21. The summed E-state index contributed by atoms with van der Waals surface area (Å²) in [5.74, 6) is 5.69. The molecule has 0 saturated carbocycles. The van der Waals surface area contributed by atoms with Crippen molar-refractivity contribution in [1.82, 2.24) is 5.43 Å².